The van der Waals surface area contributed by atoms with Gasteiger partial charge in [-0.1, -0.05) is 23.7 Å². The monoisotopic (exact) mass is 280 g/mol. The minimum atomic E-state index is -0.461. The molecule has 0 aliphatic carbocycles. The topological polar surface area (TPSA) is 69.6 Å². The second kappa shape index (κ2) is 5.42. The molecule has 0 atom stereocenters. The molecule has 1 aliphatic heterocycles. The van der Waals surface area contributed by atoms with Gasteiger partial charge in [0.2, 0.25) is 0 Å². The zero-order valence-electron chi connectivity index (χ0n) is 10.3. The van der Waals surface area contributed by atoms with Crippen molar-refractivity contribution < 1.29 is 14.7 Å². The van der Waals surface area contributed by atoms with E-state index in [0.29, 0.717) is 10.7 Å². The van der Waals surface area contributed by atoms with E-state index in [9.17, 15) is 9.59 Å². The van der Waals surface area contributed by atoms with Crippen LogP contribution in [0.4, 0.5) is 5.69 Å². The number of nitrogens with one attached hydrogen (secondary N) is 1. The lowest BCUT2D eigenvalue weighted by Gasteiger charge is -2.14. The number of hydrogen-bond donors (Lipinski definition) is 2. The normalized spacial score (nSPS) is 14.9. The number of aliphatic hydroxyl groups is 1. The number of nitrogens with zero attached hydrogens (tertiary/aromatic N) is 1. The van der Waals surface area contributed by atoms with Gasteiger partial charge >= 0.3 is 0 Å². The van der Waals surface area contributed by atoms with Gasteiger partial charge in [-0.25, -0.2) is 0 Å². The molecule has 0 bridgehead atoms. The van der Waals surface area contributed by atoms with Crippen molar-refractivity contribution in [2.45, 2.75) is 6.92 Å². The highest BCUT2D eigenvalue weighted by Gasteiger charge is 2.30. The van der Waals surface area contributed by atoms with Crippen molar-refractivity contribution in [1.29, 1.82) is 0 Å². The molecule has 100 valence electrons. The zero-order valence-corrected chi connectivity index (χ0v) is 11.1. The van der Waals surface area contributed by atoms with E-state index < -0.39 is 11.8 Å². The van der Waals surface area contributed by atoms with Crippen LogP contribution in [0.15, 0.2) is 30.0 Å². The molecule has 0 aromatic heterocycles. The van der Waals surface area contributed by atoms with E-state index in [1.54, 1.807) is 12.1 Å². The predicted octanol–water partition coefficient (Wildman–Crippen LogP) is 1.31. The molecule has 0 saturated carbocycles. The Kier molecular flexibility index (Phi) is 3.87. The van der Waals surface area contributed by atoms with E-state index in [1.165, 1.54) is 6.08 Å². The second-order valence-electron chi connectivity index (χ2n) is 4.14. The van der Waals surface area contributed by atoms with Gasteiger partial charge in [0.15, 0.2) is 0 Å². The Hall–Kier alpha value is -1.85. The van der Waals surface area contributed by atoms with E-state index in [4.69, 9.17) is 16.7 Å². The van der Waals surface area contributed by atoms with Crippen LogP contribution in [-0.4, -0.2) is 35.0 Å². The number of aliphatic hydroxyl groups excluding tert-OH is 1. The largest absolute Gasteiger partial charge is 0.395 e. The standard InChI is InChI=1S/C13H13ClN2O3/c1-8-3-2-4-9(12(8)14)15-10-7-11(18)16(5-6-17)13(10)19/h2-4,7,15,17H,5-6H2,1H3. The van der Waals surface area contributed by atoms with Crippen LogP contribution < -0.4 is 5.32 Å². The van der Waals surface area contributed by atoms with Crippen molar-refractivity contribution in [2.75, 3.05) is 18.5 Å². The highest BCUT2D eigenvalue weighted by atomic mass is 35.5. The first kappa shape index (κ1) is 13.6. The van der Waals surface area contributed by atoms with E-state index in [1.807, 2.05) is 13.0 Å². The number of β-amino-alcohol motifs (C(OH)–C–C–N with tert-alkyl or cyclic N) is 1. The Morgan fingerprint density at radius 3 is 2.79 bits per heavy atom. The summed E-state index contributed by atoms with van der Waals surface area (Å²) in [6, 6.07) is 5.38. The minimum absolute atomic E-state index is 0.0130. The minimum Gasteiger partial charge on any atom is -0.395 e. The second-order valence-corrected chi connectivity index (χ2v) is 4.52. The molecule has 19 heavy (non-hydrogen) atoms. The van der Waals surface area contributed by atoms with Crippen LogP contribution in [0.2, 0.25) is 5.02 Å². The maximum atomic E-state index is 11.9. The summed E-state index contributed by atoms with van der Waals surface area (Å²) in [5, 5.41) is 12.2. The van der Waals surface area contributed by atoms with Gasteiger partial charge < -0.3 is 10.4 Å². The van der Waals surface area contributed by atoms with Crippen molar-refractivity contribution in [1.82, 2.24) is 4.90 Å². The first-order chi connectivity index (χ1) is 9.04. The first-order valence-electron chi connectivity index (χ1n) is 5.75. The lowest BCUT2D eigenvalue weighted by Crippen LogP contribution is -2.34. The molecule has 0 unspecified atom stereocenters. The van der Waals surface area contributed by atoms with Gasteiger partial charge in [-0.05, 0) is 18.6 Å². The number of carbonyl (C=O) groups excluding carboxylic acids is 2. The molecule has 0 saturated heterocycles. The van der Waals surface area contributed by atoms with Crippen molar-refractivity contribution >= 4 is 29.1 Å². The number of imide groups is 1. The smallest absolute Gasteiger partial charge is 0.277 e. The molecule has 1 aliphatic rings. The summed E-state index contributed by atoms with van der Waals surface area (Å²) in [5.74, 6) is -0.901. The number of amides is 2. The molecule has 6 heteroatoms. The van der Waals surface area contributed by atoms with Crippen LogP contribution in [0, 0.1) is 6.92 Å². The van der Waals surface area contributed by atoms with Gasteiger partial charge in [-0.2, -0.15) is 0 Å². The van der Waals surface area contributed by atoms with Gasteiger partial charge in [0.05, 0.1) is 23.9 Å². The number of hydrogen-bond acceptors (Lipinski definition) is 4. The molecular formula is C13H13ClN2O3. The Labute approximate surface area is 115 Å². The lowest BCUT2D eigenvalue weighted by molar-refractivity contribution is -0.137. The van der Waals surface area contributed by atoms with Crippen LogP contribution in [0.25, 0.3) is 0 Å². The molecule has 0 fully saturated rings. The van der Waals surface area contributed by atoms with Gasteiger partial charge in [0.25, 0.3) is 11.8 Å². The van der Waals surface area contributed by atoms with Gasteiger partial charge in [-0.15, -0.1) is 0 Å². The van der Waals surface area contributed by atoms with Crippen LogP contribution in [0.1, 0.15) is 5.56 Å². The van der Waals surface area contributed by atoms with E-state index >= 15 is 0 Å². The maximum absolute atomic E-state index is 11.9. The van der Waals surface area contributed by atoms with Crippen LogP contribution >= 0.6 is 11.6 Å². The summed E-state index contributed by atoms with van der Waals surface area (Å²) < 4.78 is 0. The Bertz CT molecular complexity index is 569. The lowest BCUT2D eigenvalue weighted by atomic mass is 10.2. The van der Waals surface area contributed by atoms with E-state index in [-0.39, 0.29) is 18.8 Å². The van der Waals surface area contributed by atoms with Gasteiger partial charge in [0, 0.05) is 6.08 Å². The summed E-state index contributed by atoms with van der Waals surface area (Å²) in [7, 11) is 0. The molecule has 0 radical (unpaired) electrons. The summed E-state index contributed by atoms with van der Waals surface area (Å²) in [6.07, 6.45) is 1.21. The number of anilines is 1. The van der Waals surface area contributed by atoms with Gasteiger partial charge in [-0.3, -0.25) is 14.5 Å². The van der Waals surface area contributed by atoms with Crippen LogP contribution in [0.5, 0.6) is 0 Å². The van der Waals surface area contributed by atoms with Crippen molar-refractivity contribution in [3.63, 3.8) is 0 Å². The molecule has 2 N–H and O–H groups in total. The Morgan fingerprint density at radius 2 is 2.11 bits per heavy atom. The van der Waals surface area contributed by atoms with Crippen LogP contribution in [-0.2, 0) is 9.59 Å². The average molecular weight is 281 g/mol. The van der Waals surface area contributed by atoms with Crippen molar-refractivity contribution in [3.8, 4) is 0 Å². The number of halogens is 1. The molecule has 0 spiro atoms. The third kappa shape index (κ3) is 2.62. The third-order valence-corrected chi connectivity index (χ3v) is 3.30. The Balaban J connectivity index is 2.21. The summed E-state index contributed by atoms with van der Waals surface area (Å²) in [6.45, 7) is 1.58. The fraction of sp³-hybridized carbons (Fsp3) is 0.231. The SMILES string of the molecule is Cc1cccc(NC2=CC(=O)N(CCO)C2=O)c1Cl. The highest BCUT2D eigenvalue weighted by molar-refractivity contribution is 6.34. The predicted molar refractivity (Wildman–Crippen MR) is 71.7 cm³/mol. The molecule has 1 heterocycles. The number of rotatable bonds is 4. The Morgan fingerprint density at radius 1 is 1.37 bits per heavy atom. The maximum Gasteiger partial charge on any atom is 0.277 e. The number of benzene rings is 1. The molecule has 1 aromatic carbocycles. The fourth-order valence-electron chi connectivity index (χ4n) is 1.80. The fourth-order valence-corrected chi connectivity index (χ4v) is 1.97. The molecule has 5 nitrogen and oxygen atoms in total. The molecular weight excluding hydrogens is 268 g/mol. The number of aryl methyl sites for hydroxylation is 1. The van der Waals surface area contributed by atoms with Crippen LogP contribution in [0.3, 0.4) is 0 Å². The van der Waals surface area contributed by atoms with E-state index in [2.05, 4.69) is 5.32 Å². The quantitative estimate of drug-likeness (QED) is 0.816. The molecule has 1 aromatic rings. The van der Waals surface area contributed by atoms with E-state index in [0.717, 1.165) is 10.5 Å². The highest BCUT2D eigenvalue weighted by Crippen LogP contribution is 2.27. The molecule has 2 rings (SSSR count). The van der Waals surface area contributed by atoms with Crippen molar-refractivity contribution in [3.05, 3.63) is 40.6 Å². The summed E-state index contributed by atoms with van der Waals surface area (Å²) >= 11 is 6.11. The zero-order chi connectivity index (χ0) is 14.0. The first-order valence-corrected chi connectivity index (χ1v) is 6.13. The third-order valence-electron chi connectivity index (χ3n) is 2.79. The van der Waals surface area contributed by atoms with Gasteiger partial charge in [0.1, 0.15) is 5.70 Å². The summed E-state index contributed by atoms with van der Waals surface area (Å²) in [4.78, 5) is 24.5. The van der Waals surface area contributed by atoms with Crippen molar-refractivity contribution in [2.24, 2.45) is 0 Å². The molecule has 2 amide bonds. The average Bonchev–Trinajstić information content (AvgIpc) is 2.63. The summed E-state index contributed by atoms with van der Waals surface area (Å²) in [5.41, 5.74) is 1.60. The number of carbonyl (C=O) groups is 2.